The van der Waals surface area contributed by atoms with Crippen LogP contribution < -0.4 is 5.32 Å². The van der Waals surface area contributed by atoms with E-state index in [0.717, 1.165) is 18.6 Å². The number of nitrogens with zero attached hydrogens (tertiary/aromatic N) is 1. The van der Waals surface area contributed by atoms with Crippen LogP contribution in [0, 0.1) is 6.92 Å². The minimum Gasteiger partial charge on any atom is -0.462 e. The second-order valence-electron chi connectivity index (χ2n) is 5.91. The number of nitrogens with one attached hydrogen (secondary N) is 1. The maximum absolute atomic E-state index is 12.4. The molecule has 1 saturated heterocycles. The van der Waals surface area contributed by atoms with Crippen LogP contribution in [0.3, 0.4) is 0 Å². The van der Waals surface area contributed by atoms with Gasteiger partial charge in [0.15, 0.2) is 0 Å². The Labute approximate surface area is 147 Å². The van der Waals surface area contributed by atoms with E-state index in [0.29, 0.717) is 24.5 Å². The second kappa shape index (κ2) is 7.25. The van der Waals surface area contributed by atoms with Crippen LogP contribution >= 0.6 is 0 Å². The summed E-state index contributed by atoms with van der Waals surface area (Å²) in [6.07, 6.45) is 4.74. The van der Waals surface area contributed by atoms with Crippen LogP contribution in [0.15, 0.2) is 51.8 Å². The molecule has 0 atom stereocenters. The number of anilines is 1. The van der Waals surface area contributed by atoms with Crippen molar-refractivity contribution in [2.24, 2.45) is 0 Å². The van der Waals surface area contributed by atoms with E-state index >= 15 is 0 Å². The molecule has 1 amide bonds. The van der Waals surface area contributed by atoms with Crippen molar-refractivity contribution in [3.63, 3.8) is 0 Å². The van der Waals surface area contributed by atoms with Gasteiger partial charge in [0.25, 0.3) is 0 Å². The molecule has 25 heavy (non-hydrogen) atoms. The van der Waals surface area contributed by atoms with Crippen LogP contribution in [-0.4, -0.2) is 31.7 Å². The molecule has 0 bridgehead atoms. The van der Waals surface area contributed by atoms with Gasteiger partial charge in [-0.25, -0.2) is 8.42 Å². The molecule has 2 aromatic rings. The summed E-state index contributed by atoms with van der Waals surface area (Å²) in [5.74, 6) is 1.05. The first-order valence-electron chi connectivity index (χ1n) is 8.11. The van der Waals surface area contributed by atoms with Crippen molar-refractivity contribution in [2.75, 3.05) is 18.4 Å². The van der Waals surface area contributed by atoms with Crippen molar-refractivity contribution in [2.45, 2.75) is 24.7 Å². The summed E-state index contributed by atoms with van der Waals surface area (Å²) in [6, 6.07) is 9.80. The highest BCUT2D eigenvalue weighted by Crippen LogP contribution is 2.22. The number of rotatable bonds is 5. The lowest BCUT2D eigenvalue weighted by atomic mass is 10.3. The Balaban J connectivity index is 1.64. The molecule has 0 spiro atoms. The number of amides is 1. The summed E-state index contributed by atoms with van der Waals surface area (Å²) in [5.41, 5.74) is 0.533. The minimum atomic E-state index is -3.43. The fourth-order valence-corrected chi connectivity index (χ4v) is 4.19. The Hall–Kier alpha value is -2.38. The normalized spacial score (nSPS) is 15.7. The fourth-order valence-electron chi connectivity index (χ4n) is 2.67. The number of furan rings is 1. The molecule has 0 aliphatic carbocycles. The maximum Gasteiger partial charge on any atom is 0.248 e. The molecule has 1 fully saturated rings. The average Bonchev–Trinajstić information content (AvgIpc) is 3.25. The Morgan fingerprint density at radius 2 is 1.80 bits per heavy atom. The lowest BCUT2D eigenvalue weighted by Gasteiger charge is -2.15. The molecular weight excluding hydrogens is 340 g/mol. The SMILES string of the molecule is Cc1ccc(C=CC(=O)Nc2ccc(S(=O)(=O)N3CCCC3)cc2)o1. The van der Waals surface area contributed by atoms with Gasteiger partial charge in [-0.15, -0.1) is 0 Å². The molecule has 2 heterocycles. The highest BCUT2D eigenvalue weighted by Gasteiger charge is 2.26. The molecule has 1 aromatic heterocycles. The van der Waals surface area contributed by atoms with Gasteiger partial charge in [-0.2, -0.15) is 4.31 Å². The third-order valence-corrected chi connectivity index (χ3v) is 5.90. The number of benzene rings is 1. The van der Waals surface area contributed by atoms with Crippen LogP contribution in [0.4, 0.5) is 5.69 Å². The summed E-state index contributed by atoms with van der Waals surface area (Å²) >= 11 is 0. The van der Waals surface area contributed by atoms with Crippen molar-refractivity contribution in [3.8, 4) is 0 Å². The van der Waals surface area contributed by atoms with E-state index < -0.39 is 10.0 Å². The van der Waals surface area contributed by atoms with E-state index in [2.05, 4.69) is 5.32 Å². The van der Waals surface area contributed by atoms with E-state index in [9.17, 15) is 13.2 Å². The second-order valence-corrected chi connectivity index (χ2v) is 7.84. The topological polar surface area (TPSA) is 79.6 Å². The van der Waals surface area contributed by atoms with E-state index in [4.69, 9.17) is 4.42 Å². The van der Waals surface area contributed by atoms with Gasteiger partial charge in [0.05, 0.1) is 4.90 Å². The highest BCUT2D eigenvalue weighted by molar-refractivity contribution is 7.89. The predicted molar refractivity (Wildman–Crippen MR) is 95.5 cm³/mol. The van der Waals surface area contributed by atoms with E-state index in [-0.39, 0.29) is 10.8 Å². The van der Waals surface area contributed by atoms with Gasteiger partial charge in [-0.1, -0.05) is 0 Å². The molecule has 6 nitrogen and oxygen atoms in total. The molecule has 1 aliphatic rings. The molecule has 1 N–H and O–H groups in total. The van der Waals surface area contributed by atoms with Crippen LogP contribution in [0.5, 0.6) is 0 Å². The standard InChI is InChI=1S/C18H20N2O4S/c1-14-4-7-16(24-14)8-11-18(21)19-15-5-9-17(10-6-15)25(22,23)20-12-2-3-13-20/h4-11H,2-3,12-13H2,1H3,(H,19,21). The first-order valence-corrected chi connectivity index (χ1v) is 9.55. The molecule has 0 unspecified atom stereocenters. The first-order chi connectivity index (χ1) is 11.9. The zero-order chi connectivity index (χ0) is 17.9. The Kier molecular flexibility index (Phi) is 5.06. The average molecular weight is 360 g/mol. The number of carbonyl (C=O) groups excluding carboxylic acids is 1. The lowest BCUT2D eigenvalue weighted by molar-refractivity contribution is -0.111. The molecule has 132 valence electrons. The molecule has 0 radical (unpaired) electrons. The van der Waals surface area contributed by atoms with Crippen LogP contribution in [0.25, 0.3) is 6.08 Å². The molecule has 7 heteroatoms. The van der Waals surface area contributed by atoms with Gasteiger partial charge in [-0.3, -0.25) is 4.79 Å². The largest absolute Gasteiger partial charge is 0.462 e. The predicted octanol–water partition coefficient (Wildman–Crippen LogP) is 3.02. The number of hydrogen-bond acceptors (Lipinski definition) is 4. The van der Waals surface area contributed by atoms with E-state index in [1.165, 1.54) is 22.5 Å². The van der Waals surface area contributed by atoms with Gasteiger partial charge in [0, 0.05) is 24.9 Å². The van der Waals surface area contributed by atoms with Crippen molar-refractivity contribution in [1.29, 1.82) is 0 Å². The first kappa shape index (κ1) is 17.4. The Morgan fingerprint density at radius 1 is 1.12 bits per heavy atom. The molecule has 1 aromatic carbocycles. The monoisotopic (exact) mass is 360 g/mol. The number of carbonyl (C=O) groups is 1. The van der Waals surface area contributed by atoms with Gasteiger partial charge in [0.2, 0.25) is 15.9 Å². The van der Waals surface area contributed by atoms with Crippen molar-refractivity contribution in [1.82, 2.24) is 4.31 Å². The lowest BCUT2D eigenvalue weighted by Crippen LogP contribution is -2.27. The summed E-state index contributed by atoms with van der Waals surface area (Å²) in [4.78, 5) is 12.2. The Morgan fingerprint density at radius 3 is 2.40 bits per heavy atom. The maximum atomic E-state index is 12.4. The van der Waals surface area contributed by atoms with Gasteiger partial charge in [0.1, 0.15) is 11.5 Å². The van der Waals surface area contributed by atoms with Crippen LogP contribution in [0.1, 0.15) is 24.4 Å². The molecular formula is C18H20N2O4S. The summed E-state index contributed by atoms with van der Waals surface area (Å²) in [7, 11) is -3.43. The summed E-state index contributed by atoms with van der Waals surface area (Å²) in [5, 5.41) is 2.69. The zero-order valence-corrected chi connectivity index (χ0v) is 14.8. The van der Waals surface area contributed by atoms with Crippen LogP contribution in [-0.2, 0) is 14.8 Å². The quantitative estimate of drug-likeness (QED) is 0.831. The molecule has 0 saturated carbocycles. The highest BCUT2D eigenvalue weighted by atomic mass is 32.2. The van der Waals surface area contributed by atoms with Gasteiger partial charge < -0.3 is 9.73 Å². The van der Waals surface area contributed by atoms with Gasteiger partial charge in [-0.05, 0) is 62.2 Å². The number of sulfonamides is 1. The summed E-state index contributed by atoms with van der Waals surface area (Å²) in [6.45, 7) is 2.96. The van der Waals surface area contributed by atoms with Crippen molar-refractivity contribution < 1.29 is 17.6 Å². The Bertz CT molecular complexity index is 876. The van der Waals surface area contributed by atoms with Crippen LogP contribution in [0.2, 0.25) is 0 Å². The zero-order valence-electron chi connectivity index (χ0n) is 13.9. The molecule has 1 aliphatic heterocycles. The number of aryl methyl sites for hydroxylation is 1. The van der Waals surface area contributed by atoms with Gasteiger partial charge >= 0.3 is 0 Å². The van der Waals surface area contributed by atoms with E-state index in [1.54, 1.807) is 24.3 Å². The van der Waals surface area contributed by atoms with E-state index in [1.807, 2.05) is 13.0 Å². The fraction of sp³-hybridized carbons (Fsp3) is 0.278. The molecule has 3 rings (SSSR count). The summed E-state index contributed by atoms with van der Waals surface area (Å²) < 4.78 is 31.7. The smallest absolute Gasteiger partial charge is 0.248 e. The third-order valence-electron chi connectivity index (χ3n) is 3.98. The van der Waals surface area contributed by atoms with Crippen molar-refractivity contribution >= 4 is 27.7 Å². The van der Waals surface area contributed by atoms with Crippen molar-refractivity contribution in [3.05, 3.63) is 54.0 Å². The number of hydrogen-bond donors (Lipinski definition) is 1. The minimum absolute atomic E-state index is 0.244. The third kappa shape index (κ3) is 4.18.